The van der Waals surface area contributed by atoms with Gasteiger partial charge in [0, 0.05) is 6.04 Å². The molecule has 4 rings (SSSR count). The van der Waals surface area contributed by atoms with Crippen LogP contribution in [0.1, 0.15) is 48.9 Å². The van der Waals surface area contributed by atoms with Gasteiger partial charge >= 0.3 is 5.69 Å². The average molecular weight is 344 g/mol. The summed E-state index contributed by atoms with van der Waals surface area (Å²) in [5.41, 5.74) is 2.38. The zero-order valence-corrected chi connectivity index (χ0v) is 14.1. The van der Waals surface area contributed by atoms with E-state index in [1.54, 1.807) is 4.57 Å². The van der Waals surface area contributed by atoms with Gasteiger partial charge in [-0.1, -0.05) is 36.0 Å². The lowest BCUT2D eigenvalue weighted by Crippen LogP contribution is -2.32. The second-order valence-corrected chi connectivity index (χ2v) is 7.35. The fraction of sp³-hybridized carbons (Fsp3) is 0.471. The highest BCUT2D eigenvalue weighted by molar-refractivity contribution is 7.99. The minimum Gasteiger partial charge on any atom is -0.349 e. The Morgan fingerprint density at radius 3 is 3.00 bits per heavy atom. The first-order valence-corrected chi connectivity index (χ1v) is 9.38. The lowest BCUT2D eigenvalue weighted by molar-refractivity contribution is -0.119. The van der Waals surface area contributed by atoms with Gasteiger partial charge in [0.2, 0.25) is 5.91 Å². The van der Waals surface area contributed by atoms with Crippen LogP contribution in [0.15, 0.2) is 34.2 Å². The molecule has 1 aromatic carbocycles. The number of rotatable bonds is 5. The Hall–Kier alpha value is -2.02. The number of fused-ring (bicyclic) bond motifs is 1. The van der Waals surface area contributed by atoms with Crippen LogP contribution in [0.3, 0.4) is 0 Å². The van der Waals surface area contributed by atoms with Crippen molar-refractivity contribution in [3.05, 3.63) is 45.9 Å². The van der Waals surface area contributed by atoms with Crippen LogP contribution >= 0.6 is 11.8 Å². The van der Waals surface area contributed by atoms with Crippen molar-refractivity contribution in [3.8, 4) is 0 Å². The SMILES string of the molecule is O=C(CSc1n[nH]c(=O)n1C1CC1)NC1CCCc2ccccc21. The summed E-state index contributed by atoms with van der Waals surface area (Å²) < 4.78 is 1.67. The lowest BCUT2D eigenvalue weighted by atomic mass is 9.88. The Bertz CT molecular complexity index is 809. The maximum Gasteiger partial charge on any atom is 0.344 e. The molecule has 2 aromatic rings. The maximum atomic E-state index is 12.3. The molecule has 2 aliphatic carbocycles. The molecule has 0 bridgehead atoms. The average Bonchev–Trinajstić information content (AvgIpc) is 3.36. The summed E-state index contributed by atoms with van der Waals surface area (Å²) in [6, 6.07) is 8.66. The van der Waals surface area contributed by atoms with Gasteiger partial charge in [0.25, 0.3) is 0 Å². The minimum absolute atomic E-state index is 0.0144. The fourth-order valence-corrected chi connectivity index (χ4v) is 4.14. The molecule has 0 aliphatic heterocycles. The summed E-state index contributed by atoms with van der Waals surface area (Å²) in [7, 11) is 0. The Labute approximate surface area is 144 Å². The van der Waals surface area contributed by atoms with E-state index < -0.39 is 0 Å². The predicted octanol–water partition coefficient (Wildman–Crippen LogP) is 2.19. The third kappa shape index (κ3) is 3.13. The monoisotopic (exact) mass is 344 g/mol. The van der Waals surface area contributed by atoms with E-state index in [0.29, 0.717) is 5.16 Å². The van der Waals surface area contributed by atoms with Crippen LogP contribution in [0.4, 0.5) is 0 Å². The molecule has 1 heterocycles. The molecule has 1 amide bonds. The number of nitrogens with zero attached hydrogens (tertiary/aromatic N) is 2. The van der Waals surface area contributed by atoms with E-state index in [1.807, 2.05) is 12.1 Å². The van der Waals surface area contributed by atoms with Crippen molar-refractivity contribution in [2.75, 3.05) is 5.75 Å². The molecule has 2 N–H and O–H groups in total. The van der Waals surface area contributed by atoms with Crippen LogP contribution in [0.25, 0.3) is 0 Å². The van der Waals surface area contributed by atoms with Crippen LogP contribution in [0.5, 0.6) is 0 Å². The summed E-state index contributed by atoms with van der Waals surface area (Å²) in [5, 5.41) is 10.3. The number of thioether (sulfide) groups is 1. The smallest absolute Gasteiger partial charge is 0.344 e. The molecule has 1 atom stereocenters. The minimum atomic E-state index is -0.179. The lowest BCUT2D eigenvalue weighted by Gasteiger charge is -2.26. The van der Waals surface area contributed by atoms with Crippen LogP contribution in [0, 0.1) is 0 Å². The Morgan fingerprint density at radius 2 is 2.17 bits per heavy atom. The topological polar surface area (TPSA) is 79.8 Å². The summed E-state index contributed by atoms with van der Waals surface area (Å²) in [6.45, 7) is 0. The van der Waals surface area contributed by atoms with Crippen molar-refractivity contribution in [2.45, 2.75) is 49.3 Å². The summed E-state index contributed by atoms with van der Waals surface area (Å²) in [6.07, 6.45) is 5.17. The summed E-state index contributed by atoms with van der Waals surface area (Å²) in [4.78, 5) is 24.1. The molecular formula is C17H20N4O2S. The third-order valence-electron chi connectivity index (χ3n) is 4.62. The first-order chi connectivity index (χ1) is 11.7. The van der Waals surface area contributed by atoms with Crippen LogP contribution in [-0.4, -0.2) is 26.4 Å². The van der Waals surface area contributed by atoms with E-state index in [9.17, 15) is 9.59 Å². The number of carbonyl (C=O) groups excluding carboxylic acids is 1. The van der Waals surface area contributed by atoms with Crippen molar-refractivity contribution < 1.29 is 4.79 Å². The molecule has 7 heteroatoms. The number of hydrogen-bond donors (Lipinski definition) is 2. The number of carbonyl (C=O) groups is 1. The van der Waals surface area contributed by atoms with E-state index >= 15 is 0 Å². The molecule has 0 spiro atoms. The fourth-order valence-electron chi connectivity index (χ4n) is 3.32. The highest BCUT2D eigenvalue weighted by atomic mass is 32.2. The quantitative estimate of drug-likeness (QED) is 0.815. The number of hydrogen-bond acceptors (Lipinski definition) is 4. The third-order valence-corrected chi connectivity index (χ3v) is 5.57. The highest BCUT2D eigenvalue weighted by Gasteiger charge is 2.29. The molecule has 1 aromatic heterocycles. The molecule has 1 unspecified atom stereocenters. The van der Waals surface area contributed by atoms with Crippen molar-refractivity contribution in [2.24, 2.45) is 0 Å². The standard InChI is InChI=1S/C17H20N4O2S/c22-15(10-24-17-20-19-16(23)21(17)12-8-9-12)18-14-7-3-5-11-4-1-2-6-13(11)14/h1-2,4,6,12,14H,3,5,7-10H2,(H,18,22)(H,19,23). The largest absolute Gasteiger partial charge is 0.349 e. The first-order valence-electron chi connectivity index (χ1n) is 8.39. The van der Waals surface area contributed by atoms with Crippen LogP contribution in [-0.2, 0) is 11.2 Å². The van der Waals surface area contributed by atoms with Gasteiger partial charge < -0.3 is 5.32 Å². The molecule has 126 valence electrons. The zero-order valence-electron chi connectivity index (χ0n) is 13.3. The number of aryl methyl sites for hydroxylation is 1. The van der Waals surface area contributed by atoms with Crippen molar-refractivity contribution in [1.29, 1.82) is 0 Å². The summed E-state index contributed by atoms with van der Waals surface area (Å²) in [5.74, 6) is 0.259. The second-order valence-electron chi connectivity index (χ2n) is 6.41. The Balaban J connectivity index is 1.39. The van der Waals surface area contributed by atoms with Gasteiger partial charge in [0.15, 0.2) is 5.16 Å². The van der Waals surface area contributed by atoms with Gasteiger partial charge in [0.05, 0.1) is 11.8 Å². The number of aromatic amines is 1. The number of aromatic nitrogens is 3. The van der Waals surface area contributed by atoms with Crippen LogP contribution < -0.4 is 11.0 Å². The summed E-state index contributed by atoms with van der Waals surface area (Å²) >= 11 is 1.32. The molecule has 0 saturated heterocycles. The van der Waals surface area contributed by atoms with E-state index in [2.05, 4.69) is 27.6 Å². The number of nitrogens with one attached hydrogen (secondary N) is 2. The van der Waals surface area contributed by atoms with Gasteiger partial charge in [0.1, 0.15) is 0 Å². The zero-order chi connectivity index (χ0) is 16.5. The van der Waals surface area contributed by atoms with Crippen molar-refractivity contribution in [1.82, 2.24) is 20.1 Å². The molecule has 1 saturated carbocycles. The van der Waals surface area contributed by atoms with Gasteiger partial charge in [-0.25, -0.2) is 9.89 Å². The molecule has 0 radical (unpaired) electrons. The van der Waals surface area contributed by atoms with Crippen LogP contribution in [0.2, 0.25) is 0 Å². The Morgan fingerprint density at radius 1 is 1.33 bits per heavy atom. The van der Waals surface area contributed by atoms with E-state index in [4.69, 9.17) is 0 Å². The first kappa shape index (κ1) is 15.5. The number of amides is 1. The molecule has 1 fully saturated rings. The van der Waals surface area contributed by atoms with E-state index in [1.165, 1.54) is 22.9 Å². The van der Waals surface area contributed by atoms with Gasteiger partial charge in [-0.05, 0) is 43.2 Å². The molecule has 6 nitrogen and oxygen atoms in total. The van der Waals surface area contributed by atoms with E-state index in [-0.39, 0.29) is 29.4 Å². The Kier molecular flexibility index (Phi) is 4.18. The highest BCUT2D eigenvalue weighted by Crippen LogP contribution is 2.36. The molecule has 24 heavy (non-hydrogen) atoms. The van der Waals surface area contributed by atoms with Gasteiger partial charge in [-0.3, -0.25) is 9.36 Å². The predicted molar refractivity (Wildman–Crippen MR) is 92.1 cm³/mol. The van der Waals surface area contributed by atoms with Gasteiger partial charge in [-0.2, -0.15) is 0 Å². The van der Waals surface area contributed by atoms with Crippen molar-refractivity contribution >= 4 is 17.7 Å². The van der Waals surface area contributed by atoms with Gasteiger partial charge in [-0.15, -0.1) is 5.10 Å². The second kappa shape index (κ2) is 6.47. The van der Waals surface area contributed by atoms with Crippen molar-refractivity contribution in [3.63, 3.8) is 0 Å². The molecule has 2 aliphatic rings. The normalized spacial score (nSPS) is 19.8. The number of H-pyrrole nitrogens is 1. The molecular weight excluding hydrogens is 324 g/mol. The maximum absolute atomic E-state index is 12.3. The number of benzene rings is 1. The van der Waals surface area contributed by atoms with E-state index in [0.717, 1.165) is 32.1 Å².